The molecule has 0 bridgehead atoms. The number of hydrogen-bond acceptors (Lipinski definition) is 7. The highest BCUT2D eigenvalue weighted by molar-refractivity contribution is 7.06. The summed E-state index contributed by atoms with van der Waals surface area (Å²) in [5.41, 5.74) is 0.687. The molecular weight excluding hydrogens is 437 g/mol. The van der Waals surface area contributed by atoms with Crippen molar-refractivity contribution in [1.82, 2.24) is 14.3 Å². The van der Waals surface area contributed by atoms with Gasteiger partial charge < -0.3 is 14.8 Å². The minimum atomic E-state index is -3.75. The molecule has 28 heavy (non-hydrogen) atoms. The Morgan fingerprint density at radius 1 is 1.18 bits per heavy atom. The van der Waals surface area contributed by atoms with Crippen molar-refractivity contribution in [3.05, 3.63) is 45.1 Å². The van der Waals surface area contributed by atoms with Crippen LogP contribution >= 0.6 is 34.7 Å². The number of aryl methyl sites for hydroxylation is 1. The molecule has 0 aliphatic carbocycles. The molecule has 3 heterocycles. The van der Waals surface area contributed by atoms with E-state index in [1.165, 1.54) is 24.5 Å². The van der Waals surface area contributed by atoms with Crippen LogP contribution in [0.4, 0.5) is 14.6 Å². The van der Waals surface area contributed by atoms with E-state index in [2.05, 4.69) is 29.1 Å². The van der Waals surface area contributed by atoms with Gasteiger partial charge in [-0.1, -0.05) is 23.2 Å². The summed E-state index contributed by atoms with van der Waals surface area (Å²) in [4.78, 5) is 21.2. The van der Waals surface area contributed by atoms with Gasteiger partial charge in [0.25, 0.3) is 5.91 Å². The predicted molar refractivity (Wildman–Crippen MR) is 98.5 cm³/mol. The number of carbonyl (C=O) groups is 1. The van der Waals surface area contributed by atoms with Gasteiger partial charge in [0, 0.05) is 16.5 Å². The summed E-state index contributed by atoms with van der Waals surface area (Å²) in [6.45, 7) is 1.75. The standard InChI is InChI=1S/C16H8Cl2F2N4O3S/c1-6-13(18)14(24-28-6)15(25)23-12-5-21-9(4-22-12)7-2-10-11(3-8(7)17)27-16(19,20)26-10/h2-5H,1H3,(H,22,23,25). The van der Waals surface area contributed by atoms with E-state index < -0.39 is 12.2 Å². The third kappa shape index (κ3) is 3.46. The number of rotatable bonds is 3. The normalized spacial score (nSPS) is 14.2. The third-order valence-electron chi connectivity index (χ3n) is 3.67. The number of benzene rings is 1. The molecular formula is C16H8Cl2F2N4O3S. The van der Waals surface area contributed by atoms with Crippen LogP contribution < -0.4 is 14.8 Å². The van der Waals surface area contributed by atoms with Crippen LogP contribution in [0.3, 0.4) is 0 Å². The molecule has 0 spiro atoms. The second kappa shape index (κ2) is 6.80. The summed E-state index contributed by atoms with van der Waals surface area (Å²) in [6.07, 6.45) is -1.14. The minimum absolute atomic E-state index is 0.0924. The first-order chi connectivity index (χ1) is 13.2. The van der Waals surface area contributed by atoms with E-state index in [1.807, 2.05) is 0 Å². The molecule has 1 amide bonds. The molecule has 3 aromatic rings. The van der Waals surface area contributed by atoms with E-state index in [-0.39, 0.29) is 38.8 Å². The lowest BCUT2D eigenvalue weighted by Gasteiger charge is -2.07. The molecule has 0 saturated heterocycles. The van der Waals surface area contributed by atoms with Crippen molar-refractivity contribution in [2.24, 2.45) is 0 Å². The van der Waals surface area contributed by atoms with Gasteiger partial charge >= 0.3 is 6.29 Å². The van der Waals surface area contributed by atoms with Crippen molar-refractivity contribution in [3.8, 4) is 22.8 Å². The summed E-state index contributed by atoms with van der Waals surface area (Å²) in [7, 11) is 0. The lowest BCUT2D eigenvalue weighted by atomic mass is 10.1. The van der Waals surface area contributed by atoms with Crippen molar-refractivity contribution in [2.45, 2.75) is 13.2 Å². The molecule has 7 nitrogen and oxygen atoms in total. The van der Waals surface area contributed by atoms with Gasteiger partial charge in [0.15, 0.2) is 23.0 Å². The molecule has 0 radical (unpaired) electrons. The Labute approximate surface area is 170 Å². The molecule has 0 saturated carbocycles. The predicted octanol–water partition coefficient (Wildman–Crippen LogP) is 4.79. The monoisotopic (exact) mass is 444 g/mol. The number of ether oxygens (including phenoxy) is 2. The Morgan fingerprint density at radius 3 is 2.50 bits per heavy atom. The Kier molecular flexibility index (Phi) is 4.56. The number of anilines is 1. The summed E-state index contributed by atoms with van der Waals surface area (Å²) in [5, 5.41) is 2.92. The van der Waals surface area contributed by atoms with Gasteiger partial charge in [-0.25, -0.2) is 4.98 Å². The van der Waals surface area contributed by atoms with Crippen LogP contribution in [0.25, 0.3) is 11.3 Å². The number of nitrogens with zero attached hydrogens (tertiary/aromatic N) is 3. The average molecular weight is 445 g/mol. The van der Waals surface area contributed by atoms with Crippen LogP contribution in [0.5, 0.6) is 11.5 Å². The maximum absolute atomic E-state index is 13.2. The number of fused-ring (bicyclic) bond motifs is 1. The van der Waals surface area contributed by atoms with Gasteiger partial charge in [-0.3, -0.25) is 9.78 Å². The molecule has 1 N–H and O–H groups in total. The third-order valence-corrected chi connectivity index (χ3v) is 5.31. The Morgan fingerprint density at radius 2 is 1.89 bits per heavy atom. The van der Waals surface area contributed by atoms with Crippen LogP contribution in [0, 0.1) is 6.92 Å². The zero-order chi connectivity index (χ0) is 20.1. The van der Waals surface area contributed by atoms with E-state index in [9.17, 15) is 13.6 Å². The number of alkyl halides is 2. The fourth-order valence-corrected chi connectivity index (χ4v) is 3.49. The van der Waals surface area contributed by atoms with Gasteiger partial charge in [-0.05, 0) is 24.5 Å². The smallest absolute Gasteiger partial charge is 0.395 e. The maximum atomic E-state index is 13.2. The molecule has 1 aliphatic rings. The van der Waals surface area contributed by atoms with Crippen LogP contribution in [0.1, 0.15) is 15.4 Å². The van der Waals surface area contributed by atoms with Gasteiger partial charge in [0.05, 0.1) is 28.1 Å². The molecule has 0 fully saturated rings. The topological polar surface area (TPSA) is 86.2 Å². The van der Waals surface area contributed by atoms with E-state index in [4.69, 9.17) is 23.2 Å². The zero-order valence-corrected chi connectivity index (χ0v) is 16.1. The van der Waals surface area contributed by atoms with Crippen molar-refractivity contribution >= 4 is 46.5 Å². The molecule has 144 valence electrons. The summed E-state index contributed by atoms with van der Waals surface area (Å²) < 4.78 is 39.1. The van der Waals surface area contributed by atoms with E-state index >= 15 is 0 Å². The second-order valence-electron chi connectivity index (χ2n) is 5.59. The Balaban J connectivity index is 1.56. The van der Waals surface area contributed by atoms with Crippen LogP contribution in [0.2, 0.25) is 10.0 Å². The van der Waals surface area contributed by atoms with Gasteiger partial charge in [-0.15, -0.1) is 8.78 Å². The summed E-state index contributed by atoms with van der Waals surface area (Å²) in [5.74, 6) is -0.721. The second-order valence-corrected chi connectivity index (χ2v) is 7.35. The lowest BCUT2D eigenvalue weighted by molar-refractivity contribution is -0.286. The molecule has 12 heteroatoms. The Hall–Kier alpha value is -2.56. The van der Waals surface area contributed by atoms with Crippen molar-refractivity contribution < 1.29 is 23.0 Å². The number of amides is 1. The van der Waals surface area contributed by atoms with Gasteiger partial charge in [0.1, 0.15) is 0 Å². The van der Waals surface area contributed by atoms with Crippen LogP contribution in [-0.4, -0.2) is 26.5 Å². The molecule has 0 unspecified atom stereocenters. The highest BCUT2D eigenvalue weighted by atomic mass is 35.5. The number of nitrogens with one attached hydrogen (secondary N) is 1. The number of halogens is 4. The molecule has 4 rings (SSSR count). The SMILES string of the molecule is Cc1snc(C(=O)Nc2cnc(-c3cc4c(cc3Cl)OC(F)(F)O4)cn2)c1Cl. The molecule has 2 aromatic heterocycles. The maximum Gasteiger partial charge on any atom is 0.586 e. The summed E-state index contributed by atoms with van der Waals surface area (Å²) >= 11 is 13.3. The molecule has 1 aromatic carbocycles. The van der Waals surface area contributed by atoms with Gasteiger partial charge in [0.2, 0.25) is 0 Å². The number of aromatic nitrogens is 3. The van der Waals surface area contributed by atoms with Crippen molar-refractivity contribution in [1.29, 1.82) is 0 Å². The lowest BCUT2D eigenvalue weighted by Crippen LogP contribution is -2.25. The van der Waals surface area contributed by atoms with E-state index in [0.717, 1.165) is 16.4 Å². The average Bonchev–Trinajstić information content (AvgIpc) is 3.12. The van der Waals surface area contributed by atoms with Crippen LogP contribution in [-0.2, 0) is 0 Å². The fourth-order valence-electron chi connectivity index (χ4n) is 2.38. The highest BCUT2D eigenvalue weighted by Crippen LogP contribution is 2.45. The first kappa shape index (κ1) is 18.8. The van der Waals surface area contributed by atoms with E-state index in [0.29, 0.717) is 5.56 Å². The highest BCUT2D eigenvalue weighted by Gasteiger charge is 2.43. The van der Waals surface area contributed by atoms with Crippen molar-refractivity contribution in [3.63, 3.8) is 0 Å². The summed E-state index contributed by atoms with van der Waals surface area (Å²) in [6, 6.07) is 2.48. The van der Waals surface area contributed by atoms with Crippen LogP contribution in [0.15, 0.2) is 24.5 Å². The number of hydrogen-bond donors (Lipinski definition) is 1. The molecule has 1 aliphatic heterocycles. The van der Waals surface area contributed by atoms with Gasteiger partial charge in [-0.2, -0.15) is 4.37 Å². The van der Waals surface area contributed by atoms with E-state index in [1.54, 1.807) is 6.92 Å². The first-order valence-corrected chi connectivity index (χ1v) is 9.11. The first-order valence-electron chi connectivity index (χ1n) is 7.58. The van der Waals surface area contributed by atoms with Crippen molar-refractivity contribution in [2.75, 3.05) is 5.32 Å². The molecule has 0 atom stereocenters. The number of carbonyl (C=O) groups excluding carboxylic acids is 1. The minimum Gasteiger partial charge on any atom is -0.395 e. The Bertz CT molecular complexity index is 1090. The fraction of sp³-hybridized carbons (Fsp3) is 0.125. The zero-order valence-electron chi connectivity index (χ0n) is 13.8. The quantitative estimate of drug-likeness (QED) is 0.624. The largest absolute Gasteiger partial charge is 0.586 e.